The molecule has 0 bridgehead atoms. The molecule has 1 amide bonds. The number of quaternary nitrogens is 1. The number of amides is 1. The summed E-state index contributed by atoms with van der Waals surface area (Å²) in [6.45, 7) is 4.68. The summed E-state index contributed by atoms with van der Waals surface area (Å²) in [6, 6.07) is -0.849. The Morgan fingerprint density at radius 1 is 0.530 bits per heavy atom. The highest BCUT2D eigenvalue weighted by atomic mass is 31.2. The second kappa shape index (κ2) is 47.7. The van der Waals surface area contributed by atoms with Crippen LogP contribution in [0.5, 0.6) is 0 Å². The number of phosphoric ester groups is 1. The topological polar surface area (TPSA) is 105 Å². The van der Waals surface area contributed by atoms with Crippen LogP contribution < -0.4 is 5.32 Å². The molecule has 9 heteroatoms. The Bertz CT molecular complexity index is 1350. The third-order valence-electron chi connectivity index (χ3n) is 11.6. The second-order valence-electron chi connectivity index (χ2n) is 19.2. The molecule has 0 fully saturated rings. The van der Waals surface area contributed by atoms with Gasteiger partial charge in [-0.1, -0.05) is 227 Å². The fourth-order valence-corrected chi connectivity index (χ4v) is 8.13. The first kappa shape index (κ1) is 63.7. The number of unbranched alkanes of at least 4 members (excludes halogenated alkanes) is 23. The molecule has 0 saturated carbocycles. The zero-order chi connectivity index (χ0) is 48.5. The molecule has 0 aliphatic heterocycles. The fourth-order valence-electron chi connectivity index (χ4n) is 7.40. The Labute approximate surface area is 407 Å². The molecule has 3 N–H and O–H groups in total. The molecule has 0 aliphatic rings. The van der Waals surface area contributed by atoms with Gasteiger partial charge in [-0.15, -0.1) is 0 Å². The van der Waals surface area contributed by atoms with Crippen LogP contribution in [-0.2, 0) is 18.4 Å². The number of carbonyl (C=O) groups is 1. The van der Waals surface area contributed by atoms with Crippen molar-refractivity contribution in [3.63, 3.8) is 0 Å². The highest BCUT2D eigenvalue weighted by molar-refractivity contribution is 7.47. The molecule has 3 atom stereocenters. The van der Waals surface area contributed by atoms with Crippen LogP contribution >= 0.6 is 7.82 Å². The summed E-state index contributed by atoms with van der Waals surface area (Å²) in [5.74, 6) is -0.182. The molecular weight excluding hydrogens is 840 g/mol. The number of nitrogens with one attached hydrogen (secondary N) is 1. The van der Waals surface area contributed by atoms with Gasteiger partial charge in [0.15, 0.2) is 0 Å². The lowest BCUT2D eigenvalue weighted by molar-refractivity contribution is -0.870. The number of phosphoric acid groups is 1. The van der Waals surface area contributed by atoms with Crippen LogP contribution in [0.25, 0.3) is 0 Å². The third kappa shape index (κ3) is 49.6. The SMILES string of the molecule is CC/C=C\C/C=C\C/C=C\C/C=C\C/C=C\C/C=C\CCCCCCCCCCCCCCCCC(=O)NC(COP(=O)(O)OCC[N+](C)(C)C)C(O)/C=C/CCCCCCCCCCC. The molecule has 8 nitrogen and oxygen atoms in total. The molecule has 3 unspecified atom stereocenters. The summed E-state index contributed by atoms with van der Waals surface area (Å²) in [4.78, 5) is 23.2. The van der Waals surface area contributed by atoms with E-state index in [2.05, 4.69) is 92.1 Å². The summed E-state index contributed by atoms with van der Waals surface area (Å²) in [5.41, 5.74) is 0. The van der Waals surface area contributed by atoms with E-state index in [9.17, 15) is 19.4 Å². The van der Waals surface area contributed by atoms with E-state index in [0.29, 0.717) is 17.4 Å². The molecule has 0 aromatic carbocycles. The summed E-state index contributed by atoms with van der Waals surface area (Å²) in [6.07, 6.45) is 66.8. The lowest BCUT2D eigenvalue weighted by atomic mass is 10.0. The number of rotatable bonds is 48. The highest BCUT2D eigenvalue weighted by Crippen LogP contribution is 2.43. The summed E-state index contributed by atoms with van der Waals surface area (Å²) >= 11 is 0. The van der Waals surface area contributed by atoms with E-state index < -0.39 is 20.0 Å². The van der Waals surface area contributed by atoms with Crippen LogP contribution in [0.15, 0.2) is 85.1 Å². The number of likely N-dealkylation sites (N-methyl/N-ethyl adjacent to an activating group) is 1. The average Bonchev–Trinajstić information content (AvgIpc) is 3.28. The lowest BCUT2D eigenvalue weighted by Gasteiger charge is -2.25. The normalized spacial score (nSPS) is 14.7. The third-order valence-corrected chi connectivity index (χ3v) is 12.6. The van der Waals surface area contributed by atoms with Crippen molar-refractivity contribution < 1.29 is 32.9 Å². The van der Waals surface area contributed by atoms with E-state index in [1.807, 2.05) is 27.2 Å². The Morgan fingerprint density at radius 3 is 1.33 bits per heavy atom. The zero-order valence-corrected chi connectivity index (χ0v) is 44.3. The van der Waals surface area contributed by atoms with Gasteiger partial charge in [0, 0.05) is 6.42 Å². The summed E-state index contributed by atoms with van der Waals surface area (Å²) < 4.78 is 23.6. The van der Waals surface area contributed by atoms with Gasteiger partial charge in [-0.3, -0.25) is 13.8 Å². The molecule has 0 saturated heterocycles. The average molecular weight is 944 g/mol. The largest absolute Gasteiger partial charge is 0.472 e. The van der Waals surface area contributed by atoms with Crippen molar-refractivity contribution in [3.8, 4) is 0 Å². The maximum Gasteiger partial charge on any atom is 0.472 e. The van der Waals surface area contributed by atoms with Gasteiger partial charge >= 0.3 is 7.82 Å². The maximum absolute atomic E-state index is 12.9. The number of aliphatic hydroxyl groups is 1. The first-order chi connectivity index (χ1) is 32.0. The molecule has 382 valence electrons. The smallest absolute Gasteiger partial charge is 0.387 e. The predicted molar refractivity (Wildman–Crippen MR) is 286 cm³/mol. The fraction of sp³-hybridized carbons (Fsp3) is 0.737. The molecule has 0 aliphatic carbocycles. The van der Waals surface area contributed by atoms with Crippen molar-refractivity contribution in [1.29, 1.82) is 0 Å². The van der Waals surface area contributed by atoms with E-state index in [0.717, 1.165) is 77.0 Å². The van der Waals surface area contributed by atoms with E-state index in [1.54, 1.807) is 6.08 Å². The molecule has 66 heavy (non-hydrogen) atoms. The van der Waals surface area contributed by atoms with Crippen LogP contribution in [0.4, 0.5) is 0 Å². The zero-order valence-electron chi connectivity index (χ0n) is 43.4. The number of hydrogen-bond acceptors (Lipinski definition) is 5. The number of allylic oxidation sites excluding steroid dienone is 13. The molecule has 0 spiro atoms. The molecule has 0 radical (unpaired) electrons. The monoisotopic (exact) mass is 944 g/mol. The van der Waals surface area contributed by atoms with Gasteiger partial charge in [0.2, 0.25) is 5.91 Å². The minimum atomic E-state index is -4.34. The van der Waals surface area contributed by atoms with Crippen molar-refractivity contribution in [3.05, 3.63) is 85.1 Å². The Kier molecular flexibility index (Phi) is 46.1. The first-order valence-corrected chi connectivity index (χ1v) is 28.5. The second-order valence-corrected chi connectivity index (χ2v) is 20.7. The number of nitrogens with zero attached hydrogens (tertiary/aromatic N) is 1. The molecule has 0 rings (SSSR count). The maximum atomic E-state index is 12.9. The first-order valence-electron chi connectivity index (χ1n) is 27.0. The highest BCUT2D eigenvalue weighted by Gasteiger charge is 2.27. The molecule has 0 aromatic heterocycles. The van der Waals surface area contributed by atoms with Gasteiger partial charge in [-0.25, -0.2) is 4.57 Å². The lowest BCUT2D eigenvalue weighted by Crippen LogP contribution is -2.45. The van der Waals surface area contributed by atoms with Crippen LogP contribution in [0.1, 0.15) is 219 Å². The van der Waals surface area contributed by atoms with Crippen LogP contribution in [0.2, 0.25) is 0 Å². The van der Waals surface area contributed by atoms with Crippen LogP contribution in [0.3, 0.4) is 0 Å². The Balaban J connectivity index is 4.06. The van der Waals surface area contributed by atoms with Gasteiger partial charge in [0.05, 0.1) is 39.9 Å². The Morgan fingerprint density at radius 2 is 0.909 bits per heavy atom. The molecule has 0 heterocycles. The summed E-state index contributed by atoms with van der Waals surface area (Å²) in [7, 11) is 1.56. The Hall–Kier alpha value is -2.32. The van der Waals surface area contributed by atoms with Crippen molar-refractivity contribution in [2.45, 2.75) is 231 Å². The number of aliphatic hydroxyl groups excluding tert-OH is 1. The van der Waals surface area contributed by atoms with Gasteiger partial charge in [0.1, 0.15) is 13.2 Å². The number of hydrogen-bond donors (Lipinski definition) is 3. The van der Waals surface area contributed by atoms with Crippen molar-refractivity contribution in [1.82, 2.24) is 5.32 Å². The quantitative estimate of drug-likeness (QED) is 0.0243. The minimum absolute atomic E-state index is 0.0588. The predicted octanol–water partition coefficient (Wildman–Crippen LogP) is 16.1. The van der Waals surface area contributed by atoms with Crippen LogP contribution in [0, 0.1) is 0 Å². The van der Waals surface area contributed by atoms with Gasteiger partial charge < -0.3 is 19.8 Å². The summed E-state index contributed by atoms with van der Waals surface area (Å²) in [5, 5.41) is 13.8. The standard InChI is InChI=1S/C57H103N2O6P/c1-6-8-10-12-14-16-18-19-20-21-22-23-24-25-26-27-28-29-30-31-32-33-34-35-36-37-38-39-41-43-45-47-49-51-57(61)58-55(54-65-66(62,63)64-53-52-59(3,4)5)56(60)50-48-46-44-42-40-17-15-13-11-9-7-2/h8,10,14,16,19-20,22-23,25-26,28-29,48,50,55-56,60H,6-7,9,11-13,15,17-18,21,24,27,30-47,49,51-54H2,1-5H3,(H-,58,61,62,63)/p+1/b10-8-,16-14-,20-19-,23-22-,26-25-,29-28-,50-48+. The molecule has 0 aromatic rings. The van der Waals surface area contributed by atoms with Crippen molar-refractivity contribution in [2.75, 3.05) is 40.9 Å². The van der Waals surface area contributed by atoms with Gasteiger partial charge in [0.25, 0.3) is 0 Å². The van der Waals surface area contributed by atoms with E-state index in [-0.39, 0.29) is 19.1 Å². The minimum Gasteiger partial charge on any atom is -0.387 e. The van der Waals surface area contributed by atoms with E-state index >= 15 is 0 Å². The number of carbonyl (C=O) groups excluding carboxylic acids is 1. The molecular formula is C57H104N2O6P+. The van der Waals surface area contributed by atoms with Crippen molar-refractivity contribution >= 4 is 13.7 Å². The van der Waals surface area contributed by atoms with Gasteiger partial charge in [-0.05, 0) is 70.6 Å². The van der Waals surface area contributed by atoms with Crippen LogP contribution in [-0.4, -0.2) is 73.4 Å². The van der Waals surface area contributed by atoms with Crippen molar-refractivity contribution in [2.24, 2.45) is 0 Å². The van der Waals surface area contributed by atoms with E-state index in [4.69, 9.17) is 9.05 Å². The van der Waals surface area contributed by atoms with Gasteiger partial charge in [-0.2, -0.15) is 0 Å². The van der Waals surface area contributed by atoms with E-state index in [1.165, 1.54) is 122 Å².